The van der Waals surface area contributed by atoms with Crippen LogP contribution in [0, 0.1) is 0 Å². The van der Waals surface area contributed by atoms with Gasteiger partial charge in [0.1, 0.15) is 0 Å². The van der Waals surface area contributed by atoms with Gasteiger partial charge >= 0.3 is 0 Å². The highest BCUT2D eigenvalue weighted by Crippen LogP contribution is 2.36. The lowest BCUT2D eigenvalue weighted by molar-refractivity contribution is 0.587. The summed E-state index contributed by atoms with van der Waals surface area (Å²) in [5.41, 5.74) is 7.94. The van der Waals surface area contributed by atoms with E-state index in [9.17, 15) is 0 Å². The van der Waals surface area contributed by atoms with Crippen molar-refractivity contribution in [1.29, 1.82) is 0 Å². The molecule has 0 aromatic heterocycles. The minimum Gasteiger partial charge on any atom is -0.342 e. The standard InChI is InChI=1S/C34H33N3/c1-5-17-32-28(6-2)19-11-7-10-18-27(3)37(32)31-23-16-22-30(26-31)34(36-24-14-9-15-25-36)33(35-4)29-20-12-8-13-21-29/h5-18,20-24,26H,2-4,19,25H2,1H3/b11-7-,17-5-,18-10-,32-28-,34-33-. The van der Waals surface area contributed by atoms with Crippen LogP contribution >= 0.6 is 0 Å². The first-order valence-corrected chi connectivity index (χ1v) is 12.4. The van der Waals surface area contributed by atoms with Gasteiger partial charge in [0.05, 0.1) is 11.4 Å². The van der Waals surface area contributed by atoms with Gasteiger partial charge in [-0.2, -0.15) is 0 Å². The smallest absolute Gasteiger partial charge is 0.0937 e. The molecule has 0 amide bonds. The zero-order valence-electron chi connectivity index (χ0n) is 21.4. The second-order valence-corrected chi connectivity index (χ2v) is 8.63. The maximum Gasteiger partial charge on any atom is 0.0937 e. The molecule has 2 aromatic carbocycles. The molecule has 3 nitrogen and oxygen atoms in total. The van der Waals surface area contributed by atoms with E-state index in [0.29, 0.717) is 0 Å². The molecule has 0 saturated heterocycles. The molecule has 184 valence electrons. The maximum atomic E-state index is 4.52. The van der Waals surface area contributed by atoms with Crippen molar-refractivity contribution in [1.82, 2.24) is 4.90 Å². The van der Waals surface area contributed by atoms with E-state index in [4.69, 9.17) is 0 Å². The first kappa shape index (κ1) is 25.5. The lowest BCUT2D eigenvalue weighted by Gasteiger charge is -2.30. The molecule has 0 bridgehead atoms. The summed E-state index contributed by atoms with van der Waals surface area (Å²) in [6.07, 6.45) is 23.5. The van der Waals surface area contributed by atoms with E-state index >= 15 is 0 Å². The van der Waals surface area contributed by atoms with Crippen LogP contribution in [0.2, 0.25) is 0 Å². The summed E-state index contributed by atoms with van der Waals surface area (Å²) in [4.78, 5) is 8.93. The van der Waals surface area contributed by atoms with Crippen LogP contribution in [0.3, 0.4) is 0 Å². The highest BCUT2D eigenvalue weighted by Gasteiger charge is 2.20. The summed E-state index contributed by atoms with van der Waals surface area (Å²) in [7, 11) is 0. The summed E-state index contributed by atoms with van der Waals surface area (Å²) in [6.45, 7) is 15.2. The lowest BCUT2D eigenvalue weighted by Crippen LogP contribution is -2.22. The third-order valence-corrected chi connectivity index (χ3v) is 6.21. The predicted molar refractivity (Wildman–Crippen MR) is 161 cm³/mol. The van der Waals surface area contributed by atoms with Crippen molar-refractivity contribution in [2.45, 2.75) is 13.3 Å². The lowest BCUT2D eigenvalue weighted by atomic mass is 10.0. The van der Waals surface area contributed by atoms with E-state index in [1.54, 1.807) is 0 Å². The van der Waals surface area contributed by atoms with Crippen LogP contribution in [0.25, 0.3) is 11.4 Å². The van der Waals surface area contributed by atoms with Crippen molar-refractivity contribution in [3.05, 3.63) is 163 Å². The minimum absolute atomic E-state index is 0.747. The topological polar surface area (TPSA) is 18.8 Å². The average molecular weight is 484 g/mol. The average Bonchev–Trinajstić information content (AvgIpc) is 3.01. The van der Waals surface area contributed by atoms with Gasteiger partial charge in [-0.25, -0.2) is 0 Å². The van der Waals surface area contributed by atoms with Gasteiger partial charge in [0.2, 0.25) is 0 Å². The molecule has 0 saturated carbocycles. The molecular formula is C34H33N3. The van der Waals surface area contributed by atoms with Crippen molar-refractivity contribution in [3.63, 3.8) is 0 Å². The number of nitrogens with zero attached hydrogens (tertiary/aromatic N) is 3. The second-order valence-electron chi connectivity index (χ2n) is 8.63. The molecule has 2 aliphatic heterocycles. The molecule has 2 aliphatic rings. The Morgan fingerprint density at radius 2 is 1.73 bits per heavy atom. The van der Waals surface area contributed by atoms with Crippen LogP contribution in [-0.4, -0.2) is 18.2 Å². The number of benzene rings is 2. The zero-order valence-corrected chi connectivity index (χ0v) is 21.4. The molecule has 4 rings (SSSR count). The quantitative estimate of drug-likeness (QED) is 0.291. The summed E-state index contributed by atoms with van der Waals surface area (Å²) in [5.74, 6) is 0. The molecular weight excluding hydrogens is 450 g/mol. The Hall–Kier alpha value is -4.63. The third-order valence-electron chi connectivity index (χ3n) is 6.21. The van der Waals surface area contributed by atoms with Gasteiger partial charge in [-0.1, -0.05) is 98.2 Å². The highest BCUT2D eigenvalue weighted by molar-refractivity contribution is 5.92. The maximum absolute atomic E-state index is 4.52. The van der Waals surface area contributed by atoms with E-state index in [1.807, 2.05) is 49.4 Å². The van der Waals surface area contributed by atoms with E-state index in [-0.39, 0.29) is 0 Å². The number of hydrogen-bond acceptors (Lipinski definition) is 3. The Bertz CT molecular complexity index is 1380. The van der Waals surface area contributed by atoms with Crippen molar-refractivity contribution in [3.8, 4) is 0 Å². The van der Waals surface area contributed by atoms with Gasteiger partial charge in [0, 0.05) is 41.0 Å². The SMILES string of the molecule is C=C/C1=C(\C=C/C)N(c2cccc(/C(=C(/N=C)c3ccccc3)N3C=CC=CC3)c2)C(=C)/C=C\C=C/C1. The van der Waals surface area contributed by atoms with Gasteiger partial charge in [-0.05, 0) is 56.0 Å². The Kier molecular flexibility index (Phi) is 8.51. The first-order valence-electron chi connectivity index (χ1n) is 12.4. The summed E-state index contributed by atoms with van der Waals surface area (Å²) < 4.78 is 0. The fourth-order valence-corrected chi connectivity index (χ4v) is 4.51. The van der Waals surface area contributed by atoms with E-state index in [2.05, 4.69) is 114 Å². The van der Waals surface area contributed by atoms with Gasteiger partial charge in [0.25, 0.3) is 0 Å². The third kappa shape index (κ3) is 5.79. The number of aliphatic imine (C=N–C) groups is 1. The Morgan fingerprint density at radius 1 is 0.946 bits per heavy atom. The highest BCUT2D eigenvalue weighted by atomic mass is 15.2. The van der Waals surface area contributed by atoms with Crippen molar-refractivity contribution < 1.29 is 0 Å². The molecule has 0 atom stereocenters. The molecule has 0 N–H and O–H groups in total. The van der Waals surface area contributed by atoms with Gasteiger partial charge in [-0.15, -0.1) is 0 Å². The molecule has 0 radical (unpaired) electrons. The van der Waals surface area contributed by atoms with E-state index < -0.39 is 0 Å². The number of rotatable bonds is 7. The summed E-state index contributed by atoms with van der Waals surface area (Å²) in [5, 5.41) is 0. The first-order chi connectivity index (χ1) is 18.2. The summed E-state index contributed by atoms with van der Waals surface area (Å²) in [6, 6.07) is 18.7. The minimum atomic E-state index is 0.747. The molecule has 2 aromatic rings. The van der Waals surface area contributed by atoms with Crippen molar-refractivity contribution >= 4 is 23.8 Å². The Labute approximate surface area is 221 Å². The number of allylic oxidation sites excluding steroid dienone is 10. The number of hydrogen-bond donors (Lipinski definition) is 0. The molecule has 0 unspecified atom stereocenters. The molecule has 0 spiro atoms. The van der Waals surface area contributed by atoms with Crippen LogP contribution in [-0.2, 0) is 0 Å². The van der Waals surface area contributed by atoms with E-state index in [1.165, 1.54) is 0 Å². The molecule has 0 aliphatic carbocycles. The van der Waals surface area contributed by atoms with Crippen LogP contribution in [0.15, 0.2) is 157 Å². The fourth-order valence-electron chi connectivity index (χ4n) is 4.51. The Morgan fingerprint density at radius 3 is 2.43 bits per heavy atom. The van der Waals surface area contributed by atoms with Gasteiger partial charge in [-0.3, -0.25) is 4.99 Å². The van der Waals surface area contributed by atoms with Crippen molar-refractivity contribution in [2.24, 2.45) is 4.99 Å². The second kappa shape index (κ2) is 12.4. The Balaban J connectivity index is 1.94. The molecule has 3 heteroatoms. The van der Waals surface area contributed by atoms with E-state index in [0.717, 1.165) is 58.1 Å². The normalized spacial score (nSPS) is 20.2. The van der Waals surface area contributed by atoms with Gasteiger partial charge < -0.3 is 9.80 Å². The molecule has 0 fully saturated rings. The molecule has 37 heavy (non-hydrogen) atoms. The number of anilines is 1. The van der Waals surface area contributed by atoms with Crippen LogP contribution in [0.4, 0.5) is 5.69 Å². The largest absolute Gasteiger partial charge is 0.342 e. The zero-order chi connectivity index (χ0) is 26.0. The fraction of sp³-hybridized carbons (Fsp3) is 0.0882. The van der Waals surface area contributed by atoms with Crippen LogP contribution in [0.1, 0.15) is 24.5 Å². The van der Waals surface area contributed by atoms with Crippen molar-refractivity contribution in [2.75, 3.05) is 11.4 Å². The van der Waals surface area contributed by atoms with Gasteiger partial charge in [0.15, 0.2) is 0 Å². The van der Waals surface area contributed by atoms with Crippen LogP contribution in [0.5, 0.6) is 0 Å². The predicted octanol–water partition coefficient (Wildman–Crippen LogP) is 8.45. The molecule has 2 heterocycles. The monoisotopic (exact) mass is 483 g/mol. The summed E-state index contributed by atoms with van der Waals surface area (Å²) >= 11 is 0. The van der Waals surface area contributed by atoms with Crippen LogP contribution < -0.4 is 4.90 Å².